The van der Waals surface area contributed by atoms with E-state index >= 15 is 0 Å². The highest BCUT2D eigenvalue weighted by Gasteiger charge is 2.25. The number of carboxylic acids is 1. The molecule has 0 amide bonds. The highest BCUT2D eigenvalue weighted by molar-refractivity contribution is 7.89. The predicted octanol–water partition coefficient (Wildman–Crippen LogP) is -0.459. The number of aliphatic carboxylic acids is 1. The van der Waals surface area contributed by atoms with Gasteiger partial charge in [-0.2, -0.15) is 9.40 Å². The molecule has 0 aromatic carbocycles. The highest BCUT2D eigenvalue weighted by Crippen LogP contribution is 2.13. The molecular formula is C11H17N3O6S. The van der Waals surface area contributed by atoms with Crippen LogP contribution in [0.3, 0.4) is 0 Å². The molecule has 1 aromatic rings. The van der Waals surface area contributed by atoms with Crippen molar-refractivity contribution in [2.75, 3.05) is 20.2 Å². The summed E-state index contributed by atoms with van der Waals surface area (Å²) in [4.78, 5) is 21.6. The summed E-state index contributed by atoms with van der Waals surface area (Å²) >= 11 is 0. The van der Waals surface area contributed by atoms with Crippen LogP contribution in [-0.4, -0.2) is 59.7 Å². The van der Waals surface area contributed by atoms with Gasteiger partial charge in [0.2, 0.25) is 10.0 Å². The Labute approximate surface area is 122 Å². The molecule has 0 unspecified atom stereocenters. The van der Waals surface area contributed by atoms with Crippen LogP contribution in [0, 0.1) is 0 Å². The monoisotopic (exact) mass is 319 g/mol. The minimum Gasteiger partial charge on any atom is -0.481 e. The van der Waals surface area contributed by atoms with E-state index in [1.165, 1.54) is 17.9 Å². The predicted molar refractivity (Wildman–Crippen MR) is 70.9 cm³/mol. The fourth-order valence-electron chi connectivity index (χ4n) is 1.46. The van der Waals surface area contributed by atoms with Gasteiger partial charge in [0.1, 0.15) is 11.4 Å². The molecule has 0 saturated carbocycles. The normalized spacial score (nSPS) is 11.6. The third-order valence-electron chi connectivity index (χ3n) is 2.53. The standard InChI is InChI=1S/C11H17N3O6S/c1-3-20-11(17)8-13(2)21(18,19)9-6-12-14(7-9)5-4-10(15)16/h6-7H,3-5,8H2,1-2H3,(H,15,16). The van der Waals surface area contributed by atoms with E-state index in [2.05, 4.69) is 9.84 Å². The van der Waals surface area contributed by atoms with Gasteiger partial charge < -0.3 is 9.84 Å². The SMILES string of the molecule is CCOC(=O)CN(C)S(=O)(=O)c1cnn(CCC(=O)O)c1. The Hall–Kier alpha value is -1.94. The van der Waals surface area contributed by atoms with Crippen molar-refractivity contribution >= 4 is 22.0 Å². The lowest BCUT2D eigenvalue weighted by molar-refractivity contribution is -0.143. The van der Waals surface area contributed by atoms with Gasteiger partial charge in [0.25, 0.3) is 0 Å². The lowest BCUT2D eigenvalue weighted by Gasteiger charge is -2.14. The number of hydrogen-bond donors (Lipinski definition) is 1. The summed E-state index contributed by atoms with van der Waals surface area (Å²) < 4.78 is 31.1. The summed E-state index contributed by atoms with van der Waals surface area (Å²) in [6.45, 7) is 1.45. The van der Waals surface area contributed by atoms with Crippen molar-refractivity contribution in [3.8, 4) is 0 Å². The van der Waals surface area contributed by atoms with Crippen LogP contribution in [0.15, 0.2) is 17.3 Å². The molecule has 1 heterocycles. The zero-order valence-corrected chi connectivity index (χ0v) is 12.5. The van der Waals surface area contributed by atoms with E-state index in [1.54, 1.807) is 6.92 Å². The van der Waals surface area contributed by atoms with Gasteiger partial charge in [-0.05, 0) is 6.92 Å². The van der Waals surface area contributed by atoms with Crippen LogP contribution in [0.2, 0.25) is 0 Å². The van der Waals surface area contributed by atoms with Crippen molar-refractivity contribution in [3.05, 3.63) is 12.4 Å². The van der Waals surface area contributed by atoms with Gasteiger partial charge in [0, 0.05) is 13.2 Å². The molecule has 1 N–H and O–H groups in total. The molecule has 21 heavy (non-hydrogen) atoms. The average molecular weight is 319 g/mol. The van der Waals surface area contributed by atoms with Crippen LogP contribution in [0.1, 0.15) is 13.3 Å². The molecule has 0 fully saturated rings. The molecule has 10 heteroatoms. The maximum Gasteiger partial charge on any atom is 0.321 e. The average Bonchev–Trinajstić information content (AvgIpc) is 2.85. The van der Waals surface area contributed by atoms with Gasteiger partial charge in [-0.25, -0.2) is 8.42 Å². The Morgan fingerprint density at radius 3 is 2.71 bits per heavy atom. The molecule has 0 atom stereocenters. The third kappa shape index (κ3) is 4.83. The maximum absolute atomic E-state index is 12.2. The summed E-state index contributed by atoms with van der Waals surface area (Å²) in [5, 5.41) is 12.3. The zero-order chi connectivity index (χ0) is 16.0. The van der Waals surface area contributed by atoms with Gasteiger partial charge in [-0.15, -0.1) is 0 Å². The van der Waals surface area contributed by atoms with Crippen molar-refractivity contribution < 1.29 is 27.9 Å². The smallest absolute Gasteiger partial charge is 0.321 e. The van der Waals surface area contributed by atoms with Crippen LogP contribution < -0.4 is 0 Å². The first-order valence-electron chi connectivity index (χ1n) is 6.13. The Bertz CT molecular complexity index is 609. The molecule has 0 bridgehead atoms. The second-order valence-corrected chi connectivity index (χ2v) is 6.19. The number of aryl methyl sites for hydroxylation is 1. The summed E-state index contributed by atoms with van der Waals surface area (Å²) in [5.74, 6) is -1.66. The minimum absolute atomic E-state index is 0.0619. The first-order chi connectivity index (χ1) is 9.77. The summed E-state index contributed by atoms with van der Waals surface area (Å²) in [7, 11) is -2.62. The van der Waals surface area contributed by atoms with Crippen LogP contribution in [0.25, 0.3) is 0 Å². The summed E-state index contributed by atoms with van der Waals surface area (Å²) in [6, 6.07) is 0. The van der Waals surface area contributed by atoms with E-state index in [4.69, 9.17) is 5.11 Å². The van der Waals surface area contributed by atoms with Crippen LogP contribution >= 0.6 is 0 Å². The van der Waals surface area contributed by atoms with Crippen molar-refractivity contribution in [2.45, 2.75) is 24.8 Å². The van der Waals surface area contributed by atoms with E-state index in [0.717, 1.165) is 10.5 Å². The fourth-order valence-corrected chi connectivity index (χ4v) is 2.53. The number of ether oxygens (including phenoxy) is 1. The van der Waals surface area contributed by atoms with Gasteiger partial charge >= 0.3 is 11.9 Å². The van der Waals surface area contributed by atoms with Gasteiger partial charge in [-0.1, -0.05) is 0 Å². The van der Waals surface area contributed by atoms with Crippen LogP contribution in [0.4, 0.5) is 0 Å². The quantitative estimate of drug-likeness (QED) is 0.644. The number of carbonyl (C=O) groups is 2. The molecular weight excluding hydrogens is 302 g/mol. The number of carbonyl (C=O) groups excluding carboxylic acids is 1. The van der Waals surface area contributed by atoms with E-state index in [1.807, 2.05) is 0 Å². The number of sulfonamides is 1. The number of likely N-dealkylation sites (N-methyl/N-ethyl adjacent to an activating group) is 1. The zero-order valence-electron chi connectivity index (χ0n) is 11.7. The molecule has 0 aliphatic carbocycles. The number of nitrogens with zero attached hydrogens (tertiary/aromatic N) is 3. The molecule has 0 radical (unpaired) electrons. The van der Waals surface area contributed by atoms with Crippen molar-refractivity contribution in [3.63, 3.8) is 0 Å². The Balaban J connectivity index is 2.78. The van der Waals surface area contributed by atoms with Crippen LogP contribution in [-0.2, 0) is 30.9 Å². The van der Waals surface area contributed by atoms with E-state index in [0.29, 0.717) is 0 Å². The van der Waals surface area contributed by atoms with Gasteiger partial charge in [0.05, 0.1) is 25.8 Å². The number of aromatic nitrogens is 2. The van der Waals surface area contributed by atoms with E-state index < -0.39 is 28.5 Å². The minimum atomic E-state index is -3.87. The molecule has 9 nitrogen and oxygen atoms in total. The topological polar surface area (TPSA) is 119 Å². The third-order valence-corrected chi connectivity index (χ3v) is 4.29. The fraction of sp³-hybridized carbons (Fsp3) is 0.545. The largest absolute Gasteiger partial charge is 0.481 e. The Morgan fingerprint density at radius 1 is 1.48 bits per heavy atom. The Kier molecular flexibility index (Phi) is 5.85. The lowest BCUT2D eigenvalue weighted by Crippen LogP contribution is -2.33. The second-order valence-electron chi connectivity index (χ2n) is 4.15. The number of hydrogen-bond acceptors (Lipinski definition) is 6. The first kappa shape index (κ1) is 17.1. The van der Waals surface area contributed by atoms with E-state index in [-0.39, 0.29) is 24.5 Å². The van der Waals surface area contributed by atoms with Crippen molar-refractivity contribution in [1.29, 1.82) is 0 Å². The highest BCUT2D eigenvalue weighted by atomic mass is 32.2. The first-order valence-corrected chi connectivity index (χ1v) is 7.57. The van der Waals surface area contributed by atoms with Crippen molar-refractivity contribution in [1.82, 2.24) is 14.1 Å². The van der Waals surface area contributed by atoms with E-state index in [9.17, 15) is 18.0 Å². The lowest BCUT2D eigenvalue weighted by atomic mass is 10.4. The number of carboxylic acid groups (broad SMARTS) is 1. The Morgan fingerprint density at radius 2 is 2.14 bits per heavy atom. The molecule has 1 rings (SSSR count). The number of esters is 1. The molecule has 0 saturated heterocycles. The van der Waals surface area contributed by atoms with Gasteiger partial charge in [-0.3, -0.25) is 14.3 Å². The summed E-state index contributed by atoms with van der Waals surface area (Å²) in [6.07, 6.45) is 2.17. The van der Waals surface area contributed by atoms with Crippen LogP contribution in [0.5, 0.6) is 0 Å². The molecule has 0 aliphatic heterocycles. The summed E-state index contributed by atoms with van der Waals surface area (Å²) in [5.41, 5.74) is 0. The molecule has 118 valence electrons. The molecule has 1 aromatic heterocycles. The van der Waals surface area contributed by atoms with Gasteiger partial charge in [0.15, 0.2) is 0 Å². The maximum atomic E-state index is 12.2. The number of rotatable bonds is 8. The molecule has 0 aliphatic rings. The van der Waals surface area contributed by atoms with Crippen molar-refractivity contribution in [2.24, 2.45) is 0 Å². The molecule has 0 spiro atoms. The second kappa shape index (κ2) is 7.18.